The summed E-state index contributed by atoms with van der Waals surface area (Å²) in [7, 11) is 0. The van der Waals surface area contributed by atoms with Crippen LogP contribution < -0.4 is 5.32 Å². The number of hydrogen-bond acceptors (Lipinski definition) is 3. The molecule has 3 rings (SSSR count). The van der Waals surface area contributed by atoms with Gasteiger partial charge >= 0.3 is 0 Å². The third-order valence-corrected chi connectivity index (χ3v) is 7.46. The zero-order valence-electron chi connectivity index (χ0n) is 13.4. The van der Waals surface area contributed by atoms with Crippen LogP contribution in [-0.4, -0.2) is 29.1 Å². The molecular formula is C17H27BrN2S. The topological polar surface area (TPSA) is 15.3 Å². The van der Waals surface area contributed by atoms with Gasteiger partial charge in [0.25, 0.3) is 0 Å². The van der Waals surface area contributed by atoms with Gasteiger partial charge in [0.1, 0.15) is 0 Å². The molecule has 1 aliphatic heterocycles. The van der Waals surface area contributed by atoms with Gasteiger partial charge in [0.2, 0.25) is 0 Å². The summed E-state index contributed by atoms with van der Waals surface area (Å²) in [5.74, 6) is 0.891. The zero-order valence-corrected chi connectivity index (χ0v) is 15.8. The Hall–Kier alpha value is 0.1000. The predicted octanol–water partition coefficient (Wildman–Crippen LogP) is 4.64. The van der Waals surface area contributed by atoms with Crippen molar-refractivity contribution in [3.05, 3.63) is 20.8 Å². The minimum Gasteiger partial charge on any atom is -0.308 e. The van der Waals surface area contributed by atoms with E-state index in [1.165, 1.54) is 41.6 Å². The summed E-state index contributed by atoms with van der Waals surface area (Å²) in [6.45, 7) is 10.6. The number of nitrogens with one attached hydrogen (secondary N) is 1. The minimum atomic E-state index is 0.322. The van der Waals surface area contributed by atoms with E-state index >= 15 is 0 Å². The van der Waals surface area contributed by atoms with Gasteiger partial charge < -0.3 is 5.32 Å². The van der Waals surface area contributed by atoms with Gasteiger partial charge in [-0.1, -0.05) is 13.8 Å². The van der Waals surface area contributed by atoms with Gasteiger partial charge in [-0.05, 0) is 60.5 Å². The van der Waals surface area contributed by atoms with Crippen molar-refractivity contribution in [2.24, 2.45) is 5.92 Å². The molecule has 2 nitrogen and oxygen atoms in total. The summed E-state index contributed by atoms with van der Waals surface area (Å²) in [4.78, 5) is 4.26. The van der Waals surface area contributed by atoms with Crippen molar-refractivity contribution in [2.45, 2.75) is 64.1 Å². The highest BCUT2D eigenvalue weighted by Crippen LogP contribution is 2.44. The van der Waals surface area contributed by atoms with Gasteiger partial charge in [-0.15, -0.1) is 11.3 Å². The Morgan fingerprint density at radius 2 is 2.10 bits per heavy atom. The first-order chi connectivity index (χ1) is 10.0. The van der Waals surface area contributed by atoms with Crippen LogP contribution in [0.25, 0.3) is 0 Å². The largest absolute Gasteiger partial charge is 0.308 e. The molecule has 2 fully saturated rings. The highest BCUT2D eigenvalue weighted by atomic mass is 79.9. The molecule has 2 heterocycles. The SMILES string of the molecule is CCC1(CC)CNC(C)(C2CC2)CN1Cc1cc(Br)cs1. The van der Waals surface area contributed by atoms with E-state index in [0.717, 1.165) is 19.0 Å². The molecule has 1 aliphatic carbocycles. The number of thiophene rings is 1. The summed E-state index contributed by atoms with van der Waals surface area (Å²) in [5, 5.41) is 6.13. The van der Waals surface area contributed by atoms with Crippen molar-refractivity contribution >= 4 is 27.3 Å². The van der Waals surface area contributed by atoms with E-state index in [4.69, 9.17) is 0 Å². The molecule has 1 atom stereocenters. The number of piperazine rings is 1. The fourth-order valence-corrected chi connectivity index (χ4v) is 5.35. The Morgan fingerprint density at radius 1 is 1.38 bits per heavy atom. The third kappa shape index (κ3) is 3.10. The second kappa shape index (κ2) is 5.95. The smallest absolute Gasteiger partial charge is 0.0335 e. The van der Waals surface area contributed by atoms with Gasteiger partial charge in [0.05, 0.1) is 0 Å². The molecule has 1 N–H and O–H groups in total. The van der Waals surface area contributed by atoms with Crippen molar-refractivity contribution < 1.29 is 0 Å². The number of nitrogens with zero attached hydrogens (tertiary/aromatic N) is 1. The lowest BCUT2D eigenvalue weighted by Gasteiger charge is -2.54. The maximum Gasteiger partial charge on any atom is 0.0335 e. The van der Waals surface area contributed by atoms with E-state index < -0.39 is 0 Å². The third-order valence-electron chi connectivity index (χ3n) is 5.77. The van der Waals surface area contributed by atoms with Crippen LogP contribution >= 0.6 is 27.3 Å². The Kier molecular flexibility index (Phi) is 4.53. The Balaban J connectivity index is 1.82. The van der Waals surface area contributed by atoms with Gasteiger partial charge in [-0.3, -0.25) is 4.90 Å². The van der Waals surface area contributed by atoms with Crippen LogP contribution in [0.5, 0.6) is 0 Å². The molecule has 1 saturated carbocycles. The molecule has 1 aromatic heterocycles. The average Bonchev–Trinajstić information content (AvgIpc) is 3.25. The standard InChI is InChI=1S/C17H27BrN2S/c1-4-17(5-2)11-19-16(3,13-6-7-13)12-20(17)9-15-8-14(18)10-21-15/h8,10,13,19H,4-7,9,11-12H2,1-3H3. The van der Waals surface area contributed by atoms with Gasteiger partial charge in [-0.2, -0.15) is 0 Å². The molecule has 0 spiro atoms. The number of halogens is 1. The molecule has 1 saturated heterocycles. The lowest BCUT2D eigenvalue weighted by molar-refractivity contribution is -0.00902. The molecule has 0 radical (unpaired) electrons. The van der Waals surface area contributed by atoms with Crippen LogP contribution in [0.3, 0.4) is 0 Å². The van der Waals surface area contributed by atoms with E-state index in [1.54, 1.807) is 0 Å². The lowest BCUT2D eigenvalue weighted by atomic mass is 9.81. The fourth-order valence-electron chi connectivity index (χ4n) is 3.89. The van der Waals surface area contributed by atoms with Gasteiger partial charge in [0.15, 0.2) is 0 Å². The van der Waals surface area contributed by atoms with Crippen LogP contribution in [0.15, 0.2) is 15.9 Å². The lowest BCUT2D eigenvalue weighted by Crippen LogP contribution is -2.69. The van der Waals surface area contributed by atoms with Crippen LogP contribution in [-0.2, 0) is 6.54 Å². The normalized spacial score (nSPS) is 29.7. The van der Waals surface area contributed by atoms with Gasteiger partial charge in [0, 0.05) is 45.4 Å². The van der Waals surface area contributed by atoms with E-state index in [9.17, 15) is 0 Å². The fraction of sp³-hybridized carbons (Fsp3) is 0.765. The summed E-state index contributed by atoms with van der Waals surface area (Å²) >= 11 is 5.47. The van der Waals surface area contributed by atoms with Crippen molar-refractivity contribution in [1.29, 1.82) is 0 Å². The summed E-state index contributed by atoms with van der Waals surface area (Å²) < 4.78 is 1.22. The van der Waals surface area contributed by atoms with Crippen molar-refractivity contribution in [1.82, 2.24) is 10.2 Å². The first-order valence-corrected chi connectivity index (χ1v) is 9.91. The van der Waals surface area contributed by atoms with Crippen molar-refractivity contribution in [2.75, 3.05) is 13.1 Å². The first kappa shape index (κ1) is 16.0. The molecule has 1 unspecified atom stereocenters. The Labute approximate surface area is 141 Å². The van der Waals surface area contributed by atoms with E-state index in [0.29, 0.717) is 11.1 Å². The number of hydrogen-bond donors (Lipinski definition) is 1. The van der Waals surface area contributed by atoms with Crippen molar-refractivity contribution in [3.8, 4) is 0 Å². The predicted molar refractivity (Wildman–Crippen MR) is 94.9 cm³/mol. The van der Waals surface area contributed by atoms with Crippen LogP contribution in [0.1, 0.15) is 51.3 Å². The van der Waals surface area contributed by atoms with Gasteiger partial charge in [-0.25, -0.2) is 0 Å². The van der Waals surface area contributed by atoms with Crippen molar-refractivity contribution in [3.63, 3.8) is 0 Å². The van der Waals surface area contributed by atoms with E-state index in [1.807, 2.05) is 11.3 Å². The van der Waals surface area contributed by atoms with Crippen LogP contribution in [0.2, 0.25) is 0 Å². The summed E-state index contributed by atoms with van der Waals surface area (Å²) in [6.07, 6.45) is 5.27. The maximum atomic E-state index is 3.92. The van der Waals surface area contributed by atoms with Crippen LogP contribution in [0.4, 0.5) is 0 Å². The minimum absolute atomic E-state index is 0.322. The molecule has 1 aromatic rings. The molecule has 0 bridgehead atoms. The highest BCUT2D eigenvalue weighted by molar-refractivity contribution is 9.10. The molecule has 0 aromatic carbocycles. The molecular weight excluding hydrogens is 344 g/mol. The highest BCUT2D eigenvalue weighted by Gasteiger charge is 2.49. The second-order valence-corrected chi connectivity index (χ2v) is 8.98. The van der Waals surface area contributed by atoms with Crippen LogP contribution in [0, 0.1) is 5.92 Å². The van der Waals surface area contributed by atoms with E-state index in [-0.39, 0.29) is 0 Å². The Bertz CT molecular complexity index is 493. The first-order valence-electron chi connectivity index (χ1n) is 8.24. The quantitative estimate of drug-likeness (QED) is 0.811. The van der Waals surface area contributed by atoms with E-state index in [2.05, 4.69) is 58.4 Å². The second-order valence-electron chi connectivity index (χ2n) is 7.06. The molecule has 2 aliphatic rings. The average molecular weight is 371 g/mol. The monoisotopic (exact) mass is 370 g/mol. The molecule has 21 heavy (non-hydrogen) atoms. The molecule has 0 amide bonds. The number of rotatable bonds is 5. The maximum absolute atomic E-state index is 3.92. The summed E-state index contributed by atoms with van der Waals surface area (Å²) in [6, 6.07) is 2.29. The summed E-state index contributed by atoms with van der Waals surface area (Å²) in [5.41, 5.74) is 0.646. The Morgan fingerprint density at radius 3 is 2.62 bits per heavy atom. The molecule has 4 heteroatoms. The zero-order chi connectivity index (χ0) is 15.1. The molecule has 118 valence electrons.